The zero-order valence-electron chi connectivity index (χ0n) is 29.5. The molecule has 1 fully saturated rings. The first-order valence-electron chi connectivity index (χ1n) is 17.1. The molecule has 2 N–H and O–H groups in total. The number of hydrogen-bond donors (Lipinski definition) is 2. The van der Waals surface area contributed by atoms with Gasteiger partial charge < -0.3 is 19.7 Å². The average Bonchev–Trinajstić information content (AvgIpc) is 3.29. The largest absolute Gasteiger partial charge is 0.481 e. The number of aliphatic carboxylic acids is 1. The predicted molar refractivity (Wildman–Crippen MR) is 177 cm³/mol. The van der Waals surface area contributed by atoms with Gasteiger partial charge in [0.1, 0.15) is 6.61 Å². The van der Waals surface area contributed by atoms with Gasteiger partial charge in [0.15, 0.2) is 5.78 Å². The van der Waals surface area contributed by atoms with E-state index in [1.807, 2.05) is 0 Å². The second-order valence-electron chi connectivity index (χ2n) is 15.6. The maximum Gasteiger partial charge on any atom is 0.305 e. The lowest BCUT2D eigenvalue weighted by atomic mass is 9.46. The Kier molecular flexibility index (Phi) is 12.1. The van der Waals surface area contributed by atoms with Crippen molar-refractivity contribution < 1.29 is 34.1 Å². The normalized spacial score (nSPS) is 32.3. The van der Waals surface area contributed by atoms with Crippen LogP contribution in [-0.2, 0) is 23.9 Å². The van der Waals surface area contributed by atoms with E-state index in [0.29, 0.717) is 23.7 Å². The van der Waals surface area contributed by atoms with Crippen LogP contribution in [0.3, 0.4) is 0 Å². The quantitative estimate of drug-likeness (QED) is 0.177. The van der Waals surface area contributed by atoms with Crippen molar-refractivity contribution in [1.82, 2.24) is 0 Å². The van der Waals surface area contributed by atoms with Crippen LogP contribution < -0.4 is 0 Å². The van der Waals surface area contributed by atoms with Crippen LogP contribution in [0.2, 0.25) is 0 Å². The SMILES string of the molecule is C=C(CC[C@@H](C)C1CC=C2C3=C([C@@H](O)CC21C)C1(C)CC[C@H](OCC(=O)CCC(=O)OC)C(C)(C)C1CC3)C(C)C.CC(=O)O. The van der Waals surface area contributed by atoms with E-state index in [4.69, 9.17) is 14.6 Å². The molecule has 1 saturated carbocycles. The Labute approximate surface area is 271 Å². The highest BCUT2D eigenvalue weighted by atomic mass is 16.5. The fourth-order valence-electron chi connectivity index (χ4n) is 9.51. The molecule has 4 unspecified atom stereocenters. The Balaban J connectivity index is 0.00000130. The van der Waals surface area contributed by atoms with Gasteiger partial charge in [-0.3, -0.25) is 14.4 Å². The van der Waals surface area contributed by atoms with Gasteiger partial charge in [0.05, 0.1) is 25.7 Å². The van der Waals surface area contributed by atoms with Gasteiger partial charge in [-0.05, 0) is 108 Å². The molecule has 0 aromatic rings. The number of rotatable bonds is 11. The zero-order valence-corrected chi connectivity index (χ0v) is 29.5. The van der Waals surface area contributed by atoms with Crippen molar-refractivity contribution in [2.24, 2.45) is 39.9 Å². The van der Waals surface area contributed by atoms with Crippen LogP contribution >= 0.6 is 0 Å². The molecule has 7 atom stereocenters. The monoisotopic (exact) mass is 628 g/mol. The molecule has 4 aliphatic carbocycles. The number of carboxylic acids is 1. The first-order valence-corrected chi connectivity index (χ1v) is 17.1. The molecule has 254 valence electrons. The van der Waals surface area contributed by atoms with Crippen molar-refractivity contribution >= 4 is 17.7 Å². The summed E-state index contributed by atoms with van der Waals surface area (Å²) >= 11 is 0. The number of fused-ring (bicyclic) bond motifs is 4. The summed E-state index contributed by atoms with van der Waals surface area (Å²) in [6, 6.07) is 0. The number of carboxylic acid groups (broad SMARTS) is 1. The van der Waals surface area contributed by atoms with Crippen molar-refractivity contribution in [3.8, 4) is 0 Å². The Hall–Kier alpha value is -2.25. The first-order chi connectivity index (χ1) is 20.9. The van der Waals surface area contributed by atoms with Crippen molar-refractivity contribution in [3.05, 3.63) is 34.9 Å². The van der Waals surface area contributed by atoms with E-state index in [0.717, 1.165) is 51.9 Å². The standard InChI is InChI=1S/C36H56O5.C2H4O2/c1-22(2)23(3)10-11-24(4)27-14-15-28-26-13-16-30-34(5,6)31(41-21-25(37)12-17-32(39)40-9)18-19-35(30,7)33(26)29(38)20-36(27,28)8;1-2(3)4/h15,22,24,27,29-31,38H,3,10-14,16-21H2,1-2,4-9H3;1H3,(H,3,4)/t24-,27?,29+,30?,31+,35?,36?;/m1./s1. The Morgan fingerprint density at radius 2 is 1.69 bits per heavy atom. The smallest absolute Gasteiger partial charge is 0.305 e. The van der Waals surface area contributed by atoms with Crippen molar-refractivity contribution in [3.63, 3.8) is 0 Å². The third kappa shape index (κ3) is 7.84. The third-order valence-corrected chi connectivity index (χ3v) is 12.0. The zero-order chi connectivity index (χ0) is 33.9. The maximum atomic E-state index is 12.4. The van der Waals surface area contributed by atoms with E-state index in [2.05, 4.69) is 65.9 Å². The number of ether oxygens (including phenoxy) is 2. The van der Waals surface area contributed by atoms with Crippen molar-refractivity contribution in [2.75, 3.05) is 13.7 Å². The highest BCUT2D eigenvalue weighted by Gasteiger charge is 2.60. The summed E-state index contributed by atoms with van der Waals surface area (Å²) < 4.78 is 10.9. The van der Waals surface area contributed by atoms with Gasteiger partial charge >= 0.3 is 5.97 Å². The number of aliphatic hydroxyl groups excluding tert-OH is 1. The van der Waals surface area contributed by atoms with Crippen LogP contribution in [0.1, 0.15) is 120 Å². The molecule has 45 heavy (non-hydrogen) atoms. The lowest BCUT2D eigenvalue weighted by molar-refractivity contribution is -0.148. The van der Waals surface area contributed by atoms with Crippen LogP contribution in [0.4, 0.5) is 0 Å². The Bertz CT molecular complexity index is 1190. The number of aliphatic hydroxyl groups is 1. The van der Waals surface area contributed by atoms with E-state index >= 15 is 0 Å². The molecule has 4 aliphatic rings. The van der Waals surface area contributed by atoms with Gasteiger partial charge in [0.2, 0.25) is 0 Å². The molecule has 0 spiro atoms. The molecular formula is C38H60O7. The van der Waals surface area contributed by atoms with Crippen LogP contribution in [-0.4, -0.2) is 53.9 Å². The molecule has 0 aliphatic heterocycles. The maximum absolute atomic E-state index is 12.4. The predicted octanol–water partition coefficient (Wildman–Crippen LogP) is 7.86. The molecule has 0 radical (unpaired) electrons. The van der Waals surface area contributed by atoms with E-state index < -0.39 is 12.1 Å². The second-order valence-corrected chi connectivity index (χ2v) is 15.6. The van der Waals surface area contributed by atoms with Crippen LogP contribution in [0.15, 0.2) is 34.9 Å². The summed E-state index contributed by atoms with van der Waals surface area (Å²) in [6.45, 7) is 21.7. The van der Waals surface area contributed by atoms with Gasteiger partial charge in [-0.25, -0.2) is 0 Å². The number of Topliss-reactive ketones (excluding diaryl/α,β-unsaturated/α-hetero) is 1. The van der Waals surface area contributed by atoms with Crippen LogP contribution in [0.25, 0.3) is 0 Å². The van der Waals surface area contributed by atoms with Gasteiger partial charge in [0, 0.05) is 13.3 Å². The lowest BCUT2D eigenvalue weighted by Crippen LogP contribution is -2.56. The minimum Gasteiger partial charge on any atom is -0.481 e. The molecule has 0 heterocycles. The van der Waals surface area contributed by atoms with E-state index in [-0.39, 0.29) is 53.6 Å². The molecule has 7 heteroatoms. The van der Waals surface area contributed by atoms with E-state index in [1.165, 1.54) is 35.8 Å². The van der Waals surface area contributed by atoms with Gasteiger partial charge in [-0.1, -0.05) is 66.7 Å². The molecule has 0 bridgehead atoms. The minimum atomic E-state index is -0.833. The summed E-state index contributed by atoms with van der Waals surface area (Å²) in [5.74, 6) is 0.801. The molecule has 4 rings (SSSR count). The topological polar surface area (TPSA) is 110 Å². The van der Waals surface area contributed by atoms with Crippen molar-refractivity contribution in [2.45, 2.75) is 132 Å². The first kappa shape index (κ1) is 37.2. The summed E-state index contributed by atoms with van der Waals surface area (Å²) in [5.41, 5.74) is 5.46. The van der Waals surface area contributed by atoms with E-state index in [1.54, 1.807) is 0 Å². The summed E-state index contributed by atoms with van der Waals surface area (Å²) in [6.07, 6.45) is 10.4. The second kappa shape index (κ2) is 14.7. The Morgan fingerprint density at radius 1 is 1.04 bits per heavy atom. The van der Waals surface area contributed by atoms with Gasteiger partial charge in [0.25, 0.3) is 5.97 Å². The van der Waals surface area contributed by atoms with Gasteiger partial charge in [-0.2, -0.15) is 0 Å². The number of methoxy groups -OCH3 is 1. The minimum absolute atomic E-state index is 0.0210. The highest BCUT2D eigenvalue weighted by Crippen LogP contribution is 2.67. The lowest BCUT2D eigenvalue weighted by Gasteiger charge is -2.60. The highest BCUT2D eigenvalue weighted by molar-refractivity contribution is 5.83. The number of hydrogen-bond acceptors (Lipinski definition) is 6. The van der Waals surface area contributed by atoms with E-state index in [9.17, 15) is 14.7 Å². The summed E-state index contributed by atoms with van der Waals surface area (Å²) in [7, 11) is 1.34. The number of ketones is 1. The Morgan fingerprint density at radius 3 is 2.29 bits per heavy atom. The number of esters is 1. The molecule has 0 aromatic heterocycles. The van der Waals surface area contributed by atoms with Crippen LogP contribution in [0, 0.1) is 39.9 Å². The molecular weight excluding hydrogens is 568 g/mol. The molecule has 0 saturated heterocycles. The molecule has 0 aromatic carbocycles. The average molecular weight is 629 g/mol. The number of allylic oxidation sites excluding steroid dienone is 4. The molecule has 7 nitrogen and oxygen atoms in total. The fourth-order valence-corrected chi connectivity index (χ4v) is 9.51. The fraction of sp³-hybridized carbons (Fsp3) is 0.763. The number of carbonyl (C=O) groups excluding carboxylic acids is 2. The van der Waals surface area contributed by atoms with Crippen molar-refractivity contribution in [1.29, 1.82) is 0 Å². The molecule has 0 amide bonds. The summed E-state index contributed by atoms with van der Waals surface area (Å²) in [5, 5.41) is 19.4. The van der Waals surface area contributed by atoms with Crippen LogP contribution in [0.5, 0.6) is 0 Å². The van der Waals surface area contributed by atoms with Gasteiger partial charge in [-0.15, -0.1) is 0 Å². The number of carbonyl (C=O) groups is 3. The third-order valence-electron chi connectivity index (χ3n) is 12.0. The summed E-state index contributed by atoms with van der Waals surface area (Å²) in [4.78, 5) is 32.9.